The summed E-state index contributed by atoms with van der Waals surface area (Å²) in [5, 5.41) is 0. The summed E-state index contributed by atoms with van der Waals surface area (Å²) in [6.45, 7) is 3.64. The second kappa shape index (κ2) is 4.78. The minimum atomic E-state index is -0.836. The molecule has 0 radical (unpaired) electrons. The number of para-hydroxylation sites is 1. The highest BCUT2D eigenvalue weighted by Gasteiger charge is 2.44. The third kappa shape index (κ3) is 2.36. The van der Waals surface area contributed by atoms with Gasteiger partial charge in [0.05, 0.1) is 6.61 Å². The number of benzene rings is 1. The minimum absolute atomic E-state index is 0.195. The van der Waals surface area contributed by atoms with Crippen LogP contribution in [-0.4, -0.2) is 35.7 Å². The van der Waals surface area contributed by atoms with E-state index in [0.717, 1.165) is 0 Å². The van der Waals surface area contributed by atoms with Crippen LogP contribution in [0.1, 0.15) is 13.8 Å². The van der Waals surface area contributed by atoms with E-state index in [1.807, 2.05) is 6.07 Å². The summed E-state index contributed by atoms with van der Waals surface area (Å²) >= 11 is 0. The Labute approximate surface area is 105 Å². The van der Waals surface area contributed by atoms with E-state index >= 15 is 0 Å². The molecule has 1 aromatic carbocycles. The highest BCUT2D eigenvalue weighted by Crippen LogP contribution is 2.27. The van der Waals surface area contributed by atoms with Gasteiger partial charge in [0.1, 0.15) is 23.8 Å². The van der Waals surface area contributed by atoms with Crippen molar-refractivity contribution in [3.05, 3.63) is 30.3 Å². The normalized spacial score (nSPS) is 21.7. The van der Waals surface area contributed by atoms with Crippen LogP contribution >= 0.6 is 0 Å². The first-order chi connectivity index (χ1) is 8.54. The molecule has 0 spiro atoms. The summed E-state index contributed by atoms with van der Waals surface area (Å²) in [7, 11) is 0. The standard InChI is InChI=1S/C13H15NO4/c1-13(2)14(10(8-15)9-17-13)12(16)18-11-6-4-3-5-7-11/h3-8,10H,9H2,1-2H3. The van der Waals surface area contributed by atoms with Gasteiger partial charge < -0.3 is 14.3 Å². The molecule has 0 saturated carbocycles. The molecule has 5 heteroatoms. The largest absolute Gasteiger partial charge is 0.418 e. The number of amides is 1. The zero-order valence-corrected chi connectivity index (χ0v) is 10.3. The van der Waals surface area contributed by atoms with E-state index in [2.05, 4.69) is 0 Å². The van der Waals surface area contributed by atoms with Gasteiger partial charge in [-0.15, -0.1) is 0 Å². The number of ether oxygens (including phenoxy) is 2. The number of carbonyl (C=O) groups is 2. The van der Waals surface area contributed by atoms with Gasteiger partial charge in [0.25, 0.3) is 0 Å². The Morgan fingerprint density at radius 2 is 2.11 bits per heavy atom. The SMILES string of the molecule is CC1(C)OCC(C=O)N1C(=O)Oc1ccccc1. The Balaban J connectivity index is 2.14. The molecule has 1 aliphatic rings. The number of nitrogens with zero attached hydrogens (tertiary/aromatic N) is 1. The smallest absolute Gasteiger partial charge is 0.410 e. The van der Waals surface area contributed by atoms with Crippen molar-refractivity contribution in [2.45, 2.75) is 25.6 Å². The van der Waals surface area contributed by atoms with E-state index in [1.165, 1.54) is 4.90 Å². The molecule has 96 valence electrons. The molecule has 1 aromatic rings. The van der Waals surface area contributed by atoms with Gasteiger partial charge in [-0.2, -0.15) is 0 Å². The van der Waals surface area contributed by atoms with Crippen LogP contribution in [0.15, 0.2) is 30.3 Å². The fraction of sp³-hybridized carbons (Fsp3) is 0.385. The van der Waals surface area contributed by atoms with Crippen LogP contribution in [0.4, 0.5) is 4.79 Å². The predicted molar refractivity (Wildman–Crippen MR) is 64.2 cm³/mol. The minimum Gasteiger partial charge on any atom is -0.410 e. The quantitative estimate of drug-likeness (QED) is 0.750. The van der Waals surface area contributed by atoms with Gasteiger partial charge in [0, 0.05) is 0 Å². The van der Waals surface area contributed by atoms with Crippen molar-refractivity contribution in [3.8, 4) is 5.75 Å². The lowest BCUT2D eigenvalue weighted by atomic mass is 10.2. The van der Waals surface area contributed by atoms with Crippen LogP contribution in [0.5, 0.6) is 5.75 Å². The molecule has 18 heavy (non-hydrogen) atoms. The van der Waals surface area contributed by atoms with Crippen molar-refractivity contribution >= 4 is 12.4 Å². The van der Waals surface area contributed by atoms with Crippen LogP contribution in [0, 0.1) is 0 Å². The van der Waals surface area contributed by atoms with Crippen molar-refractivity contribution in [2.75, 3.05) is 6.61 Å². The average Bonchev–Trinajstić information content (AvgIpc) is 2.65. The molecule has 1 fully saturated rings. The molecule has 1 unspecified atom stereocenters. The van der Waals surface area contributed by atoms with E-state index in [-0.39, 0.29) is 6.61 Å². The Morgan fingerprint density at radius 3 is 2.72 bits per heavy atom. The number of hydrogen-bond donors (Lipinski definition) is 0. The maximum absolute atomic E-state index is 12.1. The van der Waals surface area contributed by atoms with E-state index in [0.29, 0.717) is 12.0 Å². The summed E-state index contributed by atoms with van der Waals surface area (Å²) in [5.41, 5.74) is -0.836. The molecule has 5 nitrogen and oxygen atoms in total. The van der Waals surface area contributed by atoms with Crippen molar-refractivity contribution in [1.82, 2.24) is 4.90 Å². The second-order valence-electron chi connectivity index (χ2n) is 4.51. The van der Waals surface area contributed by atoms with Crippen molar-refractivity contribution < 1.29 is 19.1 Å². The molecule has 2 rings (SSSR count). The van der Waals surface area contributed by atoms with Crippen molar-refractivity contribution in [3.63, 3.8) is 0 Å². The number of hydrogen-bond acceptors (Lipinski definition) is 4. The molecular formula is C13H15NO4. The molecule has 1 amide bonds. The Morgan fingerprint density at radius 1 is 1.44 bits per heavy atom. The molecule has 1 aliphatic heterocycles. The van der Waals surface area contributed by atoms with E-state index in [4.69, 9.17) is 9.47 Å². The topological polar surface area (TPSA) is 55.8 Å². The average molecular weight is 249 g/mol. The Kier molecular flexibility index (Phi) is 3.34. The molecule has 0 bridgehead atoms. The lowest BCUT2D eigenvalue weighted by Crippen LogP contribution is -2.49. The summed E-state index contributed by atoms with van der Waals surface area (Å²) in [6, 6.07) is 8.12. The van der Waals surface area contributed by atoms with Gasteiger partial charge in [-0.05, 0) is 26.0 Å². The highest BCUT2D eigenvalue weighted by molar-refractivity contribution is 5.76. The van der Waals surface area contributed by atoms with Crippen molar-refractivity contribution in [2.24, 2.45) is 0 Å². The third-order valence-electron chi connectivity index (χ3n) is 2.82. The van der Waals surface area contributed by atoms with Crippen LogP contribution in [0.2, 0.25) is 0 Å². The van der Waals surface area contributed by atoms with Crippen LogP contribution < -0.4 is 4.74 Å². The van der Waals surface area contributed by atoms with Crippen LogP contribution in [0.3, 0.4) is 0 Å². The van der Waals surface area contributed by atoms with Gasteiger partial charge in [-0.3, -0.25) is 4.90 Å². The fourth-order valence-electron chi connectivity index (χ4n) is 1.93. The zero-order chi connectivity index (χ0) is 13.2. The summed E-state index contributed by atoms with van der Waals surface area (Å²) in [6.07, 6.45) is 0.113. The molecule has 1 heterocycles. The first-order valence-corrected chi connectivity index (χ1v) is 5.70. The van der Waals surface area contributed by atoms with Gasteiger partial charge in [-0.1, -0.05) is 18.2 Å². The third-order valence-corrected chi connectivity index (χ3v) is 2.82. The Bertz CT molecular complexity index is 444. The fourth-order valence-corrected chi connectivity index (χ4v) is 1.93. The maximum Gasteiger partial charge on any atom is 0.418 e. The van der Waals surface area contributed by atoms with Gasteiger partial charge in [0.2, 0.25) is 0 Å². The van der Waals surface area contributed by atoms with E-state index in [9.17, 15) is 9.59 Å². The van der Waals surface area contributed by atoms with Gasteiger partial charge in [0.15, 0.2) is 0 Å². The maximum atomic E-state index is 12.1. The first kappa shape index (κ1) is 12.6. The number of carbonyl (C=O) groups excluding carboxylic acids is 2. The molecule has 0 N–H and O–H groups in total. The monoisotopic (exact) mass is 249 g/mol. The number of rotatable bonds is 2. The highest BCUT2D eigenvalue weighted by atomic mass is 16.6. The van der Waals surface area contributed by atoms with Gasteiger partial charge >= 0.3 is 6.09 Å². The molecule has 0 aliphatic carbocycles. The molecular weight excluding hydrogens is 234 g/mol. The lowest BCUT2D eigenvalue weighted by Gasteiger charge is -2.30. The van der Waals surface area contributed by atoms with Gasteiger partial charge in [-0.25, -0.2) is 4.79 Å². The van der Waals surface area contributed by atoms with E-state index < -0.39 is 17.9 Å². The van der Waals surface area contributed by atoms with Crippen molar-refractivity contribution in [1.29, 1.82) is 0 Å². The first-order valence-electron chi connectivity index (χ1n) is 5.70. The summed E-state index contributed by atoms with van der Waals surface area (Å²) in [5.74, 6) is 0.440. The number of aldehydes is 1. The molecule has 0 aromatic heterocycles. The molecule has 1 atom stereocenters. The van der Waals surface area contributed by atoms with E-state index in [1.54, 1.807) is 38.1 Å². The predicted octanol–water partition coefficient (Wildman–Crippen LogP) is 1.82. The molecule has 1 saturated heterocycles. The Hall–Kier alpha value is -1.88. The zero-order valence-electron chi connectivity index (χ0n) is 10.3. The van der Waals surface area contributed by atoms with Crippen LogP contribution in [-0.2, 0) is 9.53 Å². The van der Waals surface area contributed by atoms with Crippen LogP contribution in [0.25, 0.3) is 0 Å². The second-order valence-corrected chi connectivity index (χ2v) is 4.51. The lowest BCUT2D eigenvalue weighted by molar-refractivity contribution is -0.111. The summed E-state index contributed by atoms with van der Waals surface area (Å²) in [4.78, 5) is 24.3. The summed E-state index contributed by atoms with van der Waals surface area (Å²) < 4.78 is 10.6.